The predicted molar refractivity (Wildman–Crippen MR) is 46.9 cm³/mol. The summed E-state index contributed by atoms with van der Waals surface area (Å²) >= 11 is 5.58. The van der Waals surface area contributed by atoms with Crippen molar-refractivity contribution < 1.29 is 4.79 Å². The van der Waals surface area contributed by atoms with E-state index >= 15 is 0 Å². The van der Waals surface area contributed by atoms with Crippen LogP contribution in [0, 0.1) is 0 Å². The molecule has 0 aliphatic carbocycles. The van der Waals surface area contributed by atoms with Crippen LogP contribution >= 0.6 is 11.6 Å². The molecule has 0 radical (unpaired) electrons. The third-order valence-electron chi connectivity index (χ3n) is 1.20. The highest BCUT2D eigenvalue weighted by Gasteiger charge is 1.98. The van der Waals surface area contributed by atoms with Gasteiger partial charge in [0.25, 0.3) is 0 Å². The van der Waals surface area contributed by atoms with Crippen molar-refractivity contribution in [2.45, 2.75) is 0 Å². The summed E-state index contributed by atoms with van der Waals surface area (Å²) in [7, 11) is 0. The van der Waals surface area contributed by atoms with E-state index in [2.05, 4.69) is 10.3 Å². The largest absolute Gasteiger partial charge is 0.325 e. The Morgan fingerprint density at radius 1 is 1.75 bits per heavy atom. The molecule has 0 unspecified atom stereocenters. The third kappa shape index (κ3) is 2.48. The quantitative estimate of drug-likeness (QED) is 0.665. The van der Waals surface area contributed by atoms with E-state index in [9.17, 15) is 4.79 Å². The van der Waals surface area contributed by atoms with Crippen LogP contribution in [0.2, 0.25) is 5.15 Å². The second-order valence-electron chi connectivity index (χ2n) is 2.12. The molecule has 0 saturated carbocycles. The average molecular weight is 186 g/mol. The van der Waals surface area contributed by atoms with E-state index < -0.39 is 0 Å². The van der Waals surface area contributed by atoms with E-state index in [0.29, 0.717) is 10.8 Å². The van der Waals surface area contributed by atoms with Gasteiger partial charge in [0.1, 0.15) is 5.15 Å². The van der Waals surface area contributed by atoms with Crippen LogP contribution < -0.4 is 11.1 Å². The number of halogens is 1. The van der Waals surface area contributed by atoms with E-state index in [0.717, 1.165) is 0 Å². The summed E-state index contributed by atoms with van der Waals surface area (Å²) in [5, 5.41) is 2.88. The average Bonchev–Trinajstić information content (AvgIpc) is 2.04. The van der Waals surface area contributed by atoms with Gasteiger partial charge in [-0.05, 0) is 12.1 Å². The Morgan fingerprint density at radius 3 is 3.08 bits per heavy atom. The van der Waals surface area contributed by atoms with Gasteiger partial charge in [0.15, 0.2) is 0 Å². The highest BCUT2D eigenvalue weighted by Crippen LogP contribution is 2.11. The van der Waals surface area contributed by atoms with Crippen molar-refractivity contribution in [3.8, 4) is 0 Å². The highest BCUT2D eigenvalue weighted by atomic mass is 35.5. The van der Waals surface area contributed by atoms with Crippen LogP contribution in [-0.4, -0.2) is 17.4 Å². The molecule has 0 bridgehead atoms. The third-order valence-corrected chi connectivity index (χ3v) is 1.40. The van der Waals surface area contributed by atoms with E-state index in [4.69, 9.17) is 17.3 Å². The number of hydrogen-bond donors (Lipinski definition) is 2. The van der Waals surface area contributed by atoms with Crippen LogP contribution in [0.25, 0.3) is 0 Å². The molecule has 0 aromatic carbocycles. The molecule has 1 amide bonds. The maximum Gasteiger partial charge on any atom is 0.238 e. The summed E-state index contributed by atoms with van der Waals surface area (Å²) in [6.07, 6.45) is 1.51. The molecule has 1 rings (SSSR count). The van der Waals surface area contributed by atoms with Gasteiger partial charge in [-0.15, -0.1) is 0 Å². The summed E-state index contributed by atoms with van der Waals surface area (Å²) in [4.78, 5) is 14.5. The molecule has 5 heteroatoms. The fraction of sp³-hybridized carbons (Fsp3) is 0.143. The Morgan fingerprint density at radius 2 is 2.50 bits per heavy atom. The Bertz CT molecular complexity index is 290. The molecule has 1 aromatic rings. The van der Waals surface area contributed by atoms with Gasteiger partial charge in [0.2, 0.25) is 5.91 Å². The minimum absolute atomic E-state index is 0.0417. The number of carbonyl (C=O) groups excluding carboxylic acids is 1. The summed E-state index contributed by atoms with van der Waals surface area (Å²) in [5.74, 6) is -0.253. The maximum absolute atomic E-state index is 10.8. The number of anilines is 1. The van der Waals surface area contributed by atoms with E-state index in [1.54, 1.807) is 12.1 Å². The number of nitrogens with one attached hydrogen (secondary N) is 1. The highest BCUT2D eigenvalue weighted by molar-refractivity contribution is 6.29. The van der Waals surface area contributed by atoms with Crippen molar-refractivity contribution in [3.05, 3.63) is 23.5 Å². The smallest absolute Gasteiger partial charge is 0.238 e. The van der Waals surface area contributed by atoms with Gasteiger partial charge >= 0.3 is 0 Å². The van der Waals surface area contributed by atoms with Crippen molar-refractivity contribution >= 4 is 23.2 Å². The van der Waals surface area contributed by atoms with E-state index in [-0.39, 0.29) is 12.5 Å². The van der Waals surface area contributed by atoms with Crippen molar-refractivity contribution in [2.24, 2.45) is 5.73 Å². The second kappa shape index (κ2) is 4.04. The summed E-state index contributed by atoms with van der Waals surface area (Å²) < 4.78 is 0. The minimum Gasteiger partial charge on any atom is -0.325 e. The summed E-state index contributed by atoms with van der Waals surface area (Å²) in [6.45, 7) is -0.0417. The minimum atomic E-state index is -0.253. The lowest BCUT2D eigenvalue weighted by Gasteiger charge is -2.01. The molecule has 64 valence electrons. The molecule has 0 atom stereocenters. The van der Waals surface area contributed by atoms with Gasteiger partial charge in [0, 0.05) is 11.9 Å². The topological polar surface area (TPSA) is 68.0 Å². The molecule has 0 saturated heterocycles. The number of nitrogens with two attached hydrogens (primary N) is 1. The number of carbonyl (C=O) groups is 1. The second-order valence-corrected chi connectivity index (χ2v) is 2.51. The van der Waals surface area contributed by atoms with Crippen LogP contribution in [0.15, 0.2) is 18.3 Å². The first-order chi connectivity index (χ1) is 5.72. The molecule has 4 nitrogen and oxygen atoms in total. The number of hydrogen-bond acceptors (Lipinski definition) is 3. The van der Waals surface area contributed by atoms with Crippen LogP contribution in [0.1, 0.15) is 0 Å². The first-order valence-corrected chi connectivity index (χ1v) is 3.71. The zero-order valence-corrected chi connectivity index (χ0v) is 7.01. The van der Waals surface area contributed by atoms with Gasteiger partial charge < -0.3 is 11.1 Å². The number of rotatable bonds is 2. The first kappa shape index (κ1) is 8.96. The lowest BCUT2D eigenvalue weighted by molar-refractivity contribution is -0.114. The number of nitrogens with zero attached hydrogens (tertiary/aromatic N) is 1. The molecule has 12 heavy (non-hydrogen) atoms. The Labute approximate surface area is 74.7 Å². The molecule has 0 spiro atoms. The number of pyridine rings is 1. The number of amides is 1. The molecule has 1 aromatic heterocycles. The van der Waals surface area contributed by atoms with Crippen LogP contribution in [0.3, 0.4) is 0 Å². The first-order valence-electron chi connectivity index (χ1n) is 3.34. The zero-order valence-electron chi connectivity index (χ0n) is 6.25. The lowest BCUT2D eigenvalue weighted by atomic mass is 10.4. The molecule has 3 N–H and O–H groups in total. The fourth-order valence-electron chi connectivity index (χ4n) is 0.692. The molecule has 0 aliphatic heterocycles. The lowest BCUT2D eigenvalue weighted by Crippen LogP contribution is -2.21. The molecule has 1 heterocycles. The monoisotopic (exact) mass is 185 g/mol. The van der Waals surface area contributed by atoms with Crippen LogP contribution in [0.5, 0.6) is 0 Å². The summed E-state index contributed by atoms with van der Waals surface area (Å²) in [5.41, 5.74) is 5.70. The maximum atomic E-state index is 10.8. The Kier molecular flexibility index (Phi) is 3.01. The SMILES string of the molecule is NCC(=O)Nc1ccnc(Cl)c1. The summed E-state index contributed by atoms with van der Waals surface area (Å²) in [6, 6.07) is 3.19. The van der Waals surface area contributed by atoms with Crippen molar-refractivity contribution in [1.82, 2.24) is 4.98 Å². The van der Waals surface area contributed by atoms with Gasteiger partial charge in [-0.25, -0.2) is 4.98 Å². The predicted octanol–water partition coefficient (Wildman–Crippen LogP) is 0.632. The molecular formula is C7H8ClN3O. The van der Waals surface area contributed by atoms with Gasteiger partial charge in [-0.2, -0.15) is 0 Å². The van der Waals surface area contributed by atoms with Crippen molar-refractivity contribution in [1.29, 1.82) is 0 Å². The number of aromatic nitrogens is 1. The Balaban J connectivity index is 2.69. The van der Waals surface area contributed by atoms with Gasteiger partial charge in [-0.3, -0.25) is 4.79 Å². The standard InChI is InChI=1S/C7H8ClN3O/c8-6-3-5(1-2-10-6)11-7(12)4-9/h1-3H,4,9H2,(H,10,11,12). The molecule has 0 fully saturated rings. The van der Waals surface area contributed by atoms with Crippen LogP contribution in [-0.2, 0) is 4.79 Å². The molecule has 0 aliphatic rings. The van der Waals surface area contributed by atoms with Gasteiger partial charge in [0.05, 0.1) is 6.54 Å². The van der Waals surface area contributed by atoms with Crippen LogP contribution in [0.4, 0.5) is 5.69 Å². The van der Waals surface area contributed by atoms with Crippen molar-refractivity contribution in [3.63, 3.8) is 0 Å². The van der Waals surface area contributed by atoms with Gasteiger partial charge in [-0.1, -0.05) is 11.6 Å². The normalized spacial score (nSPS) is 9.50. The Hall–Kier alpha value is -1.13. The zero-order chi connectivity index (χ0) is 8.97. The molecular weight excluding hydrogens is 178 g/mol. The van der Waals surface area contributed by atoms with Crippen molar-refractivity contribution in [2.75, 3.05) is 11.9 Å². The van der Waals surface area contributed by atoms with E-state index in [1.165, 1.54) is 6.20 Å². The van der Waals surface area contributed by atoms with E-state index in [1.807, 2.05) is 0 Å². The fourth-order valence-corrected chi connectivity index (χ4v) is 0.866.